The number of rotatable bonds is 4. The first kappa shape index (κ1) is 17.1. The van der Waals surface area contributed by atoms with Gasteiger partial charge in [-0.15, -0.1) is 0 Å². The van der Waals surface area contributed by atoms with Crippen molar-refractivity contribution in [3.05, 3.63) is 70.5 Å². The summed E-state index contributed by atoms with van der Waals surface area (Å²) < 4.78 is 13.0. The van der Waals surface area contributed by atoms with Gasteiger partial charge in [0.05, 0.1) is 6.04 Å². The number of nitrogens with zero attached hydrogens (tertiary/aromatic N) is 1. The molecule has 1 heterocycles. The number of benzene rings is 2. The van der Waals surface area contributed by atoms with Gasteiger partial charge in [0, 0.05) is 25.1 Å². The van der Waals surface area contributed by atoms with Crippen LogP contribution in [-0.2, 0) is 11.3 Å². The topological polar surface area (TPSA) is 49.4 Å². The van der Waals surface area contributed by atoms with Crippen molar-refractivity contribution < 1.29 is 14.0 Å². The van der Waals surface area contributed by atoms with Crippen LogP contribution in [0.4, 0.5) is 4.39 Å². The van der Waals surface area contributed by atoms with Crippen LogP contribution in [-0.4, -0.2) is 29.3 Å². The zero-order valence-corrected chi connectivity index (χ0v) is 14.4. The lowest BCUT2D eigenvalue weighted by Crippen LogP contribution is -2.37. The summed E-state index contributed by atoms with van der Waals surface area (Å²) in [7, 11) is 0. The van der Waals surface area contributed by atoms with Crippen LogP contribution in [0.25, 0.3) is 0 Å². The molecule has 1 fully saturated rings. The van der Waals surface area contributed by atoms with E-state index in [-0.39, 0.29) is 30.1 Å². The summed E-state index contributed by atoms with van der Waals surface area (Å²) in [6, 6.07) is 11.6. The highest BCUT2D eigenvalue weighted by Crippen LogP contribution is 2.17. The van der Waals surface area contributed by atoms with Crippen molar-refractivity contribution in [3.8, 4) is 0 Å². The lowest BCUT2D eigenvalue weighted by molar-refractivity contribution is -0.128. The third-order valence-corrected chi connectivity index (χ3v) is 4.46. The fourth-order valence-electron chi connectivity index (χ4n) is 3.16. The zero-order chi connectivity index (χ0) is 18.0. The first-order chi connectivity index (χ1) is 11.9. The minimum Gasteiger partial charge on any atom is -0.347 e. The van der Waals surface area contributed by atoms with Crippen molar-refractivity contribution in [3.63, 3.8) is 0 Å². The van der Waals surface area contributed by atoms with Gasteiger partial charge in [-0.25, -0.2) is 4.39 Å². The maximum Gasteiger partial charge on any atom is 0.251 e. The van der Waals surface area contributed by atoms with E-state index < -0.39 is 0 Å². The van der Waals surface area contributed by atoms with Gasteiger partial charge in [0.2, 0.25) is 5.91 Å². The Kier molecular flexibility index (Phi) is 4.83. The molecule has 5 heteroatoms. The lowest BCUT2D eigenvalue weighted by Gasteiger charge is -2.17. The third-order valence-electron chi connectivity index (χ3n) is 4.46. The maximum atomic E-state index is 13.0. The van der Waals surface area contributed by atoms with Crippen LogP contribution in [0.15, 0.2) is 42.5 Å². The van der Waals surface area contributed by atoms with E-state index in [4.69, 9.17) is 0 Å². The van der Waals surface area contributed by atoms with Gasteiger partial charge in [-0.1, -0.05) is 29.8 Å². The van der Waals surface area contributed by atoms with Crippen molar-refractivity contribution in [2.75, 3.05) is 6.54 Å². The summed E-state index contributed by atoms with van der Waals surface area (Å²) >= 11 is 0. The fraction of sp³-hybridized carbons (Fsp3) is 0.300. The van der Waals surface area contributed by atoms with E-state index in [0.717, 1.165) is 16.7 Å². The van der Waals surface area contributed by atoms with Crippen molar-refractivity contribution in [2.45, 2.75) is 32.9 Å². The summed E-state index contributed by atoms with van der Waals surface area (Å²) in [5, 5.41) is 2.95. The SMILES string of the molecule is Cc1ccc(C(=O)N[C@H]2CC(=O)N(Cc3ccc(F)cc3)C2)c(C)c1. The quantitative estimate of drug-likeness (QED) is 0.930. The number of likely N-dealkylation sites (tertiary alicyclic amines) is 1. The van der Waals surface area contributed by atoms with Gasteiger partial charge in [0.1, 0.15) is 5.82 Å². The Bertz CT molecular complexity index is 802. The molecule has 2 aromatic carbocycles. The second-order valence-corrected chi connectivity index (χ2v) is 6.59. The van der Waals surface area contributed by atoms with Crippen molar-refractivity contribution >= 4 is 11.8 Å². The van der Waals surface area contributed by atoms with E-state index in [1.165, 1.54) is 12.1 Å². The summed E-state index contributed by atoms with van der Waals surface area (Å²) in [5.74, 6) is -0.454. The number of halogens is 1. The van der Waals surface area contributed by atoms with Gasteiger partial charge in [-0.3, -0.25) is 9.59 Å². The molecule has 0 aliphatic carbocycles. The van der Waals surface area contributed by atoms with Crippen LogP contribution in [0.2, 0.25) is 0 Å². The molecule has 4 nitrogen and oxygen atoms in total. The summed E-state index contributed by atoms with van der Waals surface area (Å²) in [5.41, 5.74) is 3.53. The molecule has 1 atom stereocenters. The minimum atomic E-state index is -0.296. The van der Waals surface area contributed by atoms with Gasteiger partial charge < -0.3 is 10.2 Å². The Morgan fingerprint density at radius 1 is 1.20 bits per heavy atom. The van der Waals surface area contributed by atoms with Crippen LogP contribution >= 0.6 is 0 Å². The second kappa shape index (κ2) is 7.05. The molecule has 1 N–H and O–H groups in total. The van der Waals surface area contributed by atoms with E-state index in [1.54, 1.807) is 17.0 Å². The Morgan fingerprint density at radius 3 is 2.60 bits per heavy atom. The molecule has 130 valence electrons. The number of hydrogen-bond acceptors (Lipinski definition) is 2. The van der Waals surface area contributed by atoms with Gasteiger partial charge >= 0.3 is 0 Å². The number of amides is 2. The average molecular weight is 340 g/mol. The van der Waals surface area contributed by atoms with E-state index in [0.29, 0.717) is 18.7 Å². The second-order valence-electron chi connectivity index (χ2n) is 6.59. The molecular formula is C20H21FN2O2. The van der Waals surface area contributed by atoms with Gasteiger partial charge in [0.15, 0.2) is 0 Å². The monoisotopic (exact) mass is 340 g/mol. The molecule has 1 aliphatic heterocycles. The summed E-state index contributed by atoms with van der Waals surface area (Å²) in [6.45, 7) is 4.78. The van der Waals surface area contributed by atoms with Crippen molar-refractivity contribution in [1.29, 1.82) is 0 Å². The van der Waals surface area contributed by atoms with Crippen LogP contribution in [0.3, 0.4) is 0 Å². The smallest absolute Gasteiger partial charge is 0.251 e. The number of carbonyl (C=O) groups is 2. The van der Waals surface area contributed by atoms with E-state index in [9.17, 15) is 14.0 Å². The third kappa shape index (κ3) is 4.05. The molecule has 1 saturated heterocycles. The molecule has 0 radical (unpaired) electrons. The standard InChI is InChI=1S/C20H21FN2O2/c1-13-3-8-18(14(2)9-13)20(25)22-17-10-19(24)23(12-17)11-15-4-6-16(21)7-5-15/h3-9,17H,10-12H2,1-2H3,(H,22,25)/t17-/m0/s1. The largest absolute Gasteiger partial charge is 0.347 e. The van der Waals surface area contributed by atoms with E-state index in [1.807, 2.05) is 32.0 Å². The summed E-state index contributed by atoms with van der Waals surface area (Å²) in [6.07, 6.45) is 0.290. The highest BCUT2D eigenvalue weighted by atomic mass is 19.1. The number of carbonyl (C=O) groups excluding carboxylic acids is 2. The number of nitrogens with one attached hydrogen (secondary N) is 1. The highest BCUT2D eigenvalue weighted by molar-refractivity contribution is 5.96. The van der Waals surface area contributed by atoms with E-state index >= 15 is 0 Å². The molecule has 2 aromatic rings. The molecule has 0 aromatic heterocycles. The predicted octanol–water partition coefficient (Wildman–Crippen LogP) is 2.97. The van der Waals surface area contributed by atoms with Crippen LogP contribution in [0.5, 0.6) is 0 Å². The summed E-state index contributed by atoms with van der Waals surface area (Å²) in [4.78, 5) is 26.3. The molecule has 1 aliphatic rings. The van der Waals surface area contributed by atoms with Crippen molar-refractivity contribution in [2.24, 2.45) is 0 Å². The Labute approximate surface area is 146 Å². The van der Waals surface area contributed by atoms with E-state index in [2.05, 4.69) is 5.32 Å². The fourth-order valence-corrected chi connectivity index (χ4v) is 3.16. The lowest BCUT2D eigenvalue weighted by atomic mass is 10.0. The molecule has 0 saturated carbocycles. The first-order valence-corrected chi connectivity index (χ1v) is 8.32. The molecule has 2 amide bonds. The van der Waals surface area contributed by atoms with Crippen LogP contribution in [0, 0.1) is 19.7 Å². The minimum absolute atomic E-state index is 0.00440. The van der Waals surface area contributed by atoms with Gasteiger partial charge in [-0.05, 0) is 43.2 Å². The Morgan fingerprint density at radius 2 is 1.92 bits per heavy atom. The highest BCUT2D eigenvalue weighted by Gasteiger charge is 2.30. The van der Waals surface area contributed by atoms with Gasteiger partial charge in [-0.2, -0.15) is 0 Å². The maximum absolute atomic E-state index is 13.0. The molecule has 0 bridgehead atoms. The normalized spacial score (nSPS) is 17.0. The average Bonchev–Trinajstić information content (AvgIpc) is 2.88. The number of aryl methyl sites for hydroxylation is 2. The molecular weight excluding hydrogens is 319 g/mol. The Hall–Kier alpha value is -2.69. The predicted molar refractivity (Wildman–Crippen MR) is 93.6 cm³/mol. The Balaban J connectivity index is 1.62. The van der Waals surface area contributed by atoms with Crippen LogP contribution < -0.4 is 5.32 Å². The number of hydrogen-bond donors (Lipinski definition) is 1. The van der Waals surface area contributed by atoms with Crippen LogP contribution in [0.1, 0.15) is 33.5 Å². The zero-order valence-electron chi connectivity index (χ0n) is 14.4. The molecule has 25 heavy (non-hydrogen) atoms. The molecule has 0 unspecified atom stereocenters. The molecule has 3 rings (SSSR count). The van der Waals surface area contributed by atoms with Crippen molar-refractivity contribution in [1.82, 2.24) is 10.2 Å². The van der Waals surface area contributed by atoms with Gasteiger partial charge in [0.25, 0.3) is 5.91 Å². The molecule has 0 spiro atoms. The first-order valence-electron chi connectivity index (χ1n) is 8.32.